The molecule has 5 heteroatoms. The molecule has 2 aromatic heterocycles. The fourth-order valence-electron chi connectivity index (χ4n) is 2.11. The van der Waals surface area contributed by atoms with Crippen LogP contribution >= 0.6 is 0 Å². The van der Waals surface area contributed by atoms with E-state index in [1.54, 1.807) is 0 Å². The summed E-state index contributed by atoms with van der Waals surface area (Å²) in [4.78, 5) is 9.27. The summed E-state index contributed by atoms with van der Waals surface area (Å²) in [5, 5.41) is 7.58. The molecule has 2 aromatic rings. The van der Waals surface area contributed by atoms with Crippen molar-refractivity contribution in [2.75, 3.05) is 11.9 Å². The number of aromatic nitrogens is 4. The van der Waals surface area contributed by atoms with Gasteiger partial charge in [0, 0.05) is 37.0 Å². The summed E-state index contributed by atoms with van der Waals surface area (Å²) in [5.74, 6) is 2.32. The minimum absolute atomic E-state index is 0.625. The van der Waals surface area contributed by atoms with Crippen molar-refractivity contribution in [3.05, 3.63) is 24.2 Å². The third kappa shape index (κ3) is 2.59. The van der Waals surface area contributed by atoms with Crippen LogP contribution in [0.5, 0.6) is 0 Å². The van der Waals surface area contributed by atoms with E-state index in [-0.39, 0.29) is 0 Å². The molecule has 0 spiro atoms. The smallest absolute Gasteiger partial charge is 0.164 e. The number of nitrogens with zero attached hydrogens (tertiary/aromatic N) is 4. The first-order chi connectivity index (χ1) is 9.30. The molecule has 5 nitrogen and oxygen atoms in total. The van der Waals surface area contributed by atoms with E-state index in [0.717, 1.165) is 36.0 Å². The molecule has 1 aliphatic carbocycles. The molecule has 0 radical (unpaired) electrons. The highest BCUT2D eigenvalue weighted by molar-refractivity contribution is 5.56. The second kappa shape index (κ2) is 4.99. The van der Waals surface area contributed by atoms with Crippen molar-refractivity contribution in [2.45, 2.75) is 39.2 Å². The van der Waals surface area contributed by atoms with Crippen molar-refractivity contribution >= 4 is 5.82 Å². The number of aryl methyl sites for hydroxylation is 1. The molecule has 19 heavy (non-hydrogen) atoms. The number of rotatable bonds is 5. The van der Waals surface area contributed by atoms with Crippen LogP contribution < -0.4 is 5.32 Å². The molecule has 0 aliphatic heterocycles. The highest BCUT2D eigenvalue weighted by Gasteiger charge is 2.26. The minimum atomic E-state index is 0.625. The Morgan fingerprint density at radius 2 is 2.16 bits per heavy atom. The minimum Gasteiger partial charge on any atom is -0.370 e. The van der Waals surface area contributed by atoms with Gasteiger partial charge in [-0.25, -0.2) is 9.97 Å². The molecule has 1 aliphatic rings. The van der Waals surface area contributed by atoms with Gasteiger partial charge in [-0.1, -0.05) is 0 Å². The average Bonchev–Trinajstić information content (AvgIpc) is 3.16. The third-order valence-corrected chi connectivity index (χ3v) is 3.31. The topological polar surface area (TPSA) is 55.6 Å². The molecular formula is C14H19N5. The summed E-state index contributed by atoms with van der Waals surface area (Å²) < 4.78 is 1.90. The first-order valence-electron chi connectivity index (χ1n) is 6.95. The normalized spacial score (nSPS) is 14.6. The van der Waals surface area contributed by atoms with Gasteiger partial charge in [0.15, 0.2) is 5.82 Å². The maximum atomic E-state index is 4.69. The van der Waals surface area contributed by atoms with Crippen LogP contribution in [-0.4, -0.2) is 26.3 Å². The van der Waals surface area contributed by atoms with Crippen LogP contribution in [0.25, 0.3) is 11.4 Å². The van der Waals surface area contributed by atoms with Crippen molar-refractivity contribution in [1.82, 2.24) is 19.7 Å². The monoisotopic (exact) mass is 257 g/mol. The molecule has 0 unspecified atom stereocenters. The van der Waals surface area contributed by atoms with E-state index in [1.807, 2.05) is 17.1 Å². The maximum Gasteiger partial charge on any atom is 0.164 e. The Balaban J connectivity index is 1.98. The van der Waals surface area contributed by atoms with Gasteiger partial charge in [0.25, 0.3) is 0 Å². The standard InChI is InChI=1S/C14H19N5/c1-3-15-13-7-12(10-5-6-10)17-14(18-13)11-8-16-19(4-2)9-11/h7-10H,3-6H2,1-2H3,(H,15,17,18). The summed E-state index contributed by atoms with van der Waals surface area (Å²) in [7, 11) is 0. The Labute approximate surface area is 113 Å². The van der Waals surface area contributed by atoms with E-state index in [0.29, 0.717) is 5.92 Å². The summed E-state index contributed by atoms with van der Waals surface area (Å²) in [5.41, 5.74) is 2.15. The van der Waals surface area contributed by atoms with Crippen LogP contribution in [0.1, 0.15) is 38.3 Å². The van der Waals surface area contributed by atoms with Crippen molar-refractivity contribution < 1.29 is 0 Å². The number of nitrogens with one attached hydrogen (secondary N) is 1. The van der Waals surface area contributed by atoms with Gasteiger partial charge in [-0.3, -0.25) is 4.68 Å². The van der Waals surface area contributed by atoms with Crippen molar-refractivity contribution in [2.24, 2.45) is 0 Å². The van der Waals surface area contributed by atoms with Crippen LogP contribution in [0.4, 0.5) is 5.82 Å². The molecule has 0 aromatic carbocycles. The zero-order valence-corrected chi connectivity index (χ0v) is 11.4. The number of anilines is 1. The zero-order chi connectivity index (χ0) is 13.2. The summed E-state index contributed by atoms with van der Waals surface area (Å²) >= 11 is 0. The molecule has 0 bridgehead atoms. The predicted octanol–water partition coefficient (Wildman–Crippen LogP) is 2.67. The molecule has 1 saturated carbocycles. The lowest BCUT2D eigenvalue weighted by molar-refractivity contribution is 0.660. The van der Waals surface area contributed by atoms with Gasteiger partial charge in [0.2, 0.25) is 0 Å². The third-order valence-electron chi connectivity index (χ3n) is 3.31. The van der Waals surface area contributed by atoms with Gasteiger partial charge < -0.3 is 5.32 Å². The van der Waals surface area contributed by atoms with Gasteiger partial charge in [-0.2, -0.15) is 5.10 Å². The van der Waals surface area contributed by atoms with E-state index < -0.39 is 0 Å². The average molecular weight is 257 g/mol. The Kier molecular flexibility index (Phi) is 3.19. The van der Waals surface area contributed by atoms with E-state index in [1.165, 1.54) is 12.8 Å². The Morgan fingerprint density at radius 1 is 1.32 bits per heavy atom. The molecule has 1 N–H and O–H groups in total. The molecule has 0 saturated heterocycles. The van der Waals surface area contributed by atoms with Gasteiger partial charge in [-0.15, -0.1) is 0 Å². The Morgan fingerprint density at radius 3 is 2.79 bits per heavy atom. The summed E-state index contributed by atoms with van der Waals surface area (Å²) in [6.45, 7) is 5.88. The predicted molar refractivity (Wildman–Crippen MR) is 75.1 cm³/mol. The lowest BCUT2D eigenvalue weighted by atomic mass is 10.2. The zero-order valence-electron chi connectivity index (χ0n) is 11.4. The van der Waals surface area contributed by atoms with Crippen molar-refractivity contribution in [3.8, 4) is 11.4 Å². The molecule has 100 valence electrons. The van der Waals surface area contributed by atoms with Crippen LogP contribution in [0.2, 0.25) is 0 Å². The summed E-state index contributed by atoms with van der Waals surface area (Å²) in [6, 6.07) is 2.08. The second-order valence-electron chi connectivity index (χ2n) is 4.89. The van der Waals surface area contributed by atoms with E-state index in [9.17, 15) is 0 Å². The van der Waals surface area contributed by atoms with Gasteiger partial charge in [0.05, 0.1) is 11.8 Å². The molecule has 1 fully saturated rings. The number of hydrogen-bond acceptors (Lipinski definition) is 4. The van der Waals surface area contributed by atoms with Crippen LogP contribution in [0, 0.1) is 0 Å². The van der Waals surface area contributed by atoms with Crippen LogP contribution in [0.15, 0.2) is 18.5 Å². The van der Waals surface area contributed by atoms with Gasteiger partial charge >= 0.3 is 0 Å². The van der Waals surface area contributed by atoms with Crippen LogP contribution in [-0.2, 0) is 6.54 Å². The molecule has 2 heterocycles. The van der Waals surface area contributed by atoms with Crippen molar-refractivity contribution in [1.29, 1.82) is 0 Å². The molecule has 3 rings (SSSR count). The van der Waals surface area contributed by atoms with E-state index in [4.69, 9.17) is 4.98 Å². The maximum absolute atomic E-state index is 4.69. The first kappa shape index (κ1) is 12.1. The molecular weight excluding hydrogens is 238 g/mol. The molecule has 0 atom stereocenters. The summed E-state index contributed by atoms with van der Waals surface area (Å²) in [6.07, 6.45) is 6.33. The highest BCUT2D eigenvalue weighted by Crippen LogP contribution is 2.40. The second-order valence-corrected chi connectivity index (χ2v) is 4.89. The van der Waals surface area contributed by atoms with Gasteiger partial charge in [0.1, 0.15) is 5.82 Å². The fraction of sp³-hybridized carbons (Fsp3) is 0.500. The number of hydrogen-bond donors (Lipinski definition) is 1. The van der Waals surface area contributed by atoms with Gasteiger partial charge in [-0.05, 0) is 26.7 Å². The Hall–Kier alpha value is -1.91. The van der Waals surface area contributed by atoms with E-state index in [2.05, 4.69) is 35.3 Å². The lowest BCUT2D eigenvalue weighted by Crippen LogP contribution is -2.03. The highest BCUT2D eigenvalue weighted by atomic mass is 15.3. The largest absolute Gasteiger partial charge is 0.370 e. The fourth-order valence-corrected chi connectivity index (χ4v) is 2.11. The quantitative estimate of drug-likeness (QED) is 0.894. The van der Waals surface area contributed by atoms with Crippen molar-refractivity contribution in [3.63, 3.8) is 0 Å². The Bertz CT molecular complexity index is 571. The van der Waals surface area contributed by atoms with Crippen LogP contribution in [0.3, 0.4) is 0 Å². The lowest BCUT2D eigenvalue weighted by Gasteiger charge is -2.07. The first-order valence-corrected chi connectivity index (χ1v) is 6.95. The molecule has 0 amide bonds. The van der Waals surface area contributed by atoms with E-state index >= 15 is 0 Å². The SMILES string of the molecule is CCNc1cc(C2CC2)nc(-c2cnn(CC)c2)n1.